The maximum Gasteiger partial charge on any atom is 0.303 e. The molecule has 0 radical (unpaired) electrons. The SMILES string of the molecule is Cc1ccc(CC(C)(C)CC(=O)O)o1. The number of carbonyl (C=O) groups is 1. The third-order valence-corrected chi connectivity index (χ3v) is 2.08. The van der Waals surface area contributed by atoms with Gasteiger partial charge in [0.1, 0.15) is 11.5 Å². The van der Waals surface area contributed by atoms with Crippen LogP contribution in [0.3, 0.4) is 0 Å². The Kier molecular flexibility index (Phi) is 2.99. The molecule has 1 heterocycles. The second-order valence-electron chi connectivity index (χ2n) is 4.42. The van der Waals surface area contributed by atoms with Crippen LogP contribution in [0.25, 0.3) is 0 Å². The van der Waals surface area contributed by atoms with Gasteiger partial charge in [-0.15, -0.1) is 0 Å². The van der Waals surface area contributed by atoms with Crippen LogP contribution in [0, 0.1) is 12.3 Å². The predicted molar refractivity (Wildman–Crippen MR) is 53.2 cm³/mol. The summed E-state index contributed by atoms with van der Waals surface area (Å²) in [5, 5.41) is 8.70. The van der Waals surface area contributed by atoms with Gasteiger partial charge in [0.15, 0.2) is 0 Å². The Bertz CT molecular complexity index is 323. The van der Waals surface area contributed by atoms with Crippen molar-refractivity contribution in [3.63, 3.8) is 0 Å². The van der Waals surface area contributed by atoms with Crippen molar-refractivity contribution < 1.29 is 14.3 Å². The number of carboxylic acid groups (broad SMARTS) is 1. The summed E-state index contributed by atoms with van der Waals surface area (Å²) in [5.41, 5.74) is -0.254. The molecule has 0 unspecified atom stereocenters. The maximum absolute atomic E-state index is 10.6. The largest absolute Gasteiger partial charge is 0.481 e. The molecule has 0 atom stereocenters. The zero-order valence-electron chi connectivity index (χ0n) is 8.83. The highest BCUT2D eigenvalue weighted by molar-refractivity contribution is 5.67. The molecule has 3 nitrogen and oxygen atoms in total. The topological polar surface area (TPSA) is 50.4 Å². The fourth-order valence-corrected chi connectivity index (χ4v) is 1.52. The molecule has 0 saturated heterocycles. The first-order valence-corrected chi connectivity index (χ1v) is 4.66. The van der Waals surface area contributed by atoms with Crippen molar-refractivity contribution in [2.45, 2.75) is 33.6 Å². The van der Waals surface area contributed by atoms with E-state index in [1.54, 1.807) is 0 Å². The van der Waals surface area contributed by atoms with Gasteiger partial charge in [-0.3, -0.25) is 4.79 Å². The van der Waals surface area contributed by atoms with Crippen LogP contribution in [0.4, 0.5) is 0 Å². The third-order valence-electron chi connectivity index (χ3n) is 2.08. The fraction of sp³-hybridized carbons (Fsp3) is 0.545. The third kappa shape index (κ3) is 3.24. The Morgan fingerprint density at radius 2 is 2.14 bits per heavy atom. The fourth-order valence-electron chi connectivity index (χ4n) is 1.52. The molecular weight excluding hydrogens is 180 g/mol. The second-order valence-corrected chi connectivity index (χ2v) is 4.42. The van der Waals surface area contributed by atoms with Crippen LogP contribution in [0.5, 0.6) is 0 Å². The lowest BCUT2D eigenvalue weighted by atomic mass is 9.85. The van der Waals surface area contributed by atoms with Crippen LogP contribution in [-0.4, -0.2) is 11.1 Å². The van der Waals surface area contributed by atoms with Crippen LogP contribution in [0.2, 0.25) is 0 Å². The van der Waals surface area contributed by atoms with E-state index in [0.29, 0.717) is 6.42 Å². The summed E-state index contributed by atoms with van der Waals surface area (Å²) in [4.78, 5) is 10.6. The molecular formula is C11H16O3. The Labute approximate surface area is 83.7 Å². The number of furan rings is 1. The van der Waals surface area contributed by atoms with E-state index in [-0.39, 0.29) is 11.8 Å². The number of hydrogen-bond acceptors (Lipinski definition) is 2. The number of carboxylic acids is 1. The van der Waals surface area contributed by atoms with E-state index in [1.807, 2.05) is 32.9 Å². The van der Waals surface area contributed by atoms with Crippen LogP contribution in [0.15, 0.2) is 16.5 Å². The average molecular weight is 196 g/mol. The van der Waals surface area contributed by atoms with E-state index in [4.69, 9.17) is 9.52 Å². The molecule has 78 valence electrons. The number of rotatable bonds is 4. The van der Waals surface area contributed by atoms with Crippen LogP contribution in [0.1, 0.15) is 31.8 Å². The molecule has 0 bridgehead atoms. The molecule has 0 amide bonds. The number of aryl methyl sites for hydroxylation is 1. The van der Waals surface area contributed by atoms with Gasteiger partial charge in [0.2, 0.25) is 0 Å². The van der Waals surface area contributed by atoms with Crippen molar-refractivity contribution in [2.75, 3.05) is 0 Å². The summed E-state index contributed by atoms with van der Waals surface area (Å²) >= 11 is 0. The minimum Gasteiger partial charge on any atom is -0.481 e. The molecule has 1 aromatic rings. The zero-order valence-corrected chi connectivity index (χ0v) is 8.83. The van der Waals surface area contributed by atoms with Gasteiger partial charge < -0.3 is 9.52 Å². The molecule has 0 aliphatic carbocycles. The molecule has 0 fully saturated rings. The minimum absolute atomic E-state index is 0.159. The lowest BCUT2D eigenvalue weighted by Gasteiger charge is -2.20. The molecule has 14 heavy (non-hydrogen) atoms. The first-order chi connectivity index (χ1) is 6.39. The standard InChI is InChI=1S/C11H16O3/c1-8-4-5-9(14-8)6-11(2,3)7-10(12)13/h4-5H,6-7H2,1-3H3,(H,12,13). The summed E-state index contributed by atoms with van der Waals surface area (Å²) in [5.74, 6) is 0.957. The van der Waals surface area contributed by atoms with E-state index in [2.05, 4.69) is 0 Å². The van der Waals surface area contributed by atoms with Crippen molar-refractivity contribution in [3.05, 3.63) is 23.7 Å². The molecule has 1 N–H and O–H groups in total. The number of aliphatic carboxylic acids is 1. The normalized spacial score (nSPS) is 11.6. The van der Waals surface area contributed by atoms with Gasteiger partial charge in [0.05, 0.1) is 6.42 Å². The minimum atomic E-state index is -0.765. The van der Waals surface area contributed by atoms with Gasteiger partial charge in [-0.2, -0.15) is 0 Å². The lowest BCUT2D eigenvalue weighted by Crippen LogP contribution is -2.19. The van der Waals surface area contributed by atoms with Gasteiger partial charge in [0.25, 0.3) is 0 Å². The highest BCUT2D eigenvalue weighted by atomic mass is 16.4. The maximum atomic E-state index is 10.6. The zero-order chi connectivity index (χ0) is 10.8. The highest BCUT2D eigenvalue weighted by Gasteiger charge is 2.23. The Hall–Kier alpha value is -1.25. The molecule has 1 aromatic heterocycles. The molecule has 0 aliphatic heterocycles. The lowest BCUT2D eigenvalue weighted by molar-refractivity contribution is -0.139. The van der Waals surface area contributed by atoms with E-state index < -0.39 is 5.97 Å². The number of hydrogen-bond donors (Lipinski definition) is 1. The van der Waals surface area contributed by atoms with Gasteiger partial charge in [0, 0.05) is 6.42 Å². The van der Waals surface area contributed by atoms with Gasteiger partial charge in [-0.25, -0.2) is 0 Å². The average Bonchev–Trinajstić information content (AvgIpc) is 2.30. The summed E-state index contributed by atoms with van der Waals surface area (Å²) in [7, 11) is 0. The van der Waals surface area contributed by atoms with Crippen molar-refractivity contribution in [2.24, 2.45) is 5.41 Å². The van der Waals surface area contributed by atoms with Gasteiger partial charge in [-0.1, -0.05) is 13.8 Å². The molecule has 0 spiro atoms. The summed E-state index contributed by atoms with van der Waals surface area (Å²) in [6.45, 7) is 5.74. The van der Waals surface area contributed by atoms with Gasteiger partial charge >= 0.3 is 5.97 Å². The van der Waals surface area contributed by atoms with E-state index >= 15 is 0 Å². The van der Waals surface area contributed by atoms with E-state index in [1.165, 1.54) is 0 Å². The quantitative estimate of drug-likeness (QED) is 0.805. The molecule has 1 rings (SSSR count). The summed E-state index contributed by atoms with van der Waals surface area (Å²) in [6.07, 6.45) is 0.819. The van der Waals surface area contributed by atoms with Crippen LogP contribution < -0.4 is 0 Å². The summed E-state index contributed by atoms with van der Waals surface area (Å²) in [6, 6.07) is 3.80. The van der Waals surface area contributed by atoms with Crippen molar-refractivity contribution in [1.82, 2.24) is 0 Å². The predicted octanol–water partition coefficient (Wildman–Crippen LogP) is 2.63. The first kappa shape index (κ1) is 10.8. The molecule has 0 aromatic carbocycles. The van der Waals surface area contributed by atoms with Crippen LogP contribution in [-0.2, 0) is 11.2 Å². The smallest absolute Gasteiger partial charge is 0.303 e. The molecule has 0 aliphatic rings. The Morgan fingerprint density at radius 3 is 2.57 bits per heavy atom. The highest BCUT2D eigenvalue weighted by Crippen LogP contribution is 2.26. The Balaban J connectivity index is 2.63. The second kappa shape index (κ2) is 3.86. The molecule has 3 heteroatoms. The van der Waals surface area contributed by atoms with Crippen molar-refractivity contribution in [3.8, 4) is 0 Å². The summed E-state index contributed by atoms with van der Waals surface area (Å²) < 4.78 is 5.41. The monoisotopic (exact) mass is 196 g/mol. The van der Waals surface area contributed by atoms with Crippen molar-refractivity contribution in [1.29, 1.82) is 0 Å². The molecule has 0 saturated carbocycles. The van der Waals surface area contributed by atoms with Gasteiger partial charge in [-0.05, 0) is 24.5 Å². The van der Waals surface area contributed by atoms with Crippen molar-refractivity contribution >= 4 is 5.97 Å². The first-order valence-electron chi connectivity index (χ1n) is 4.66. The Morgan fingerprint density at radius 1 is 1.50 bits per heavy atom. The van der Waals surface area contributed by atoms with E-state index in [9.17, 15) is 4.79 Å². The van der Waals surface area contributed by atoms with Crippen LogP contribution >= 0.6 is 0 Å². The van der Waals surface area contributed by atoms with E-state index in [0.717, 1.165) is 11.5 Å².